The van der Waals surface area contributed by atoms with Crippen LogP contribution >= 0.6 is 0 Å². The summed E-state index contributed by atoms with van der Waals surface area (Å²) in [5.41, 5.74) is 14.4. The fraction of sp³-hybridized carbons (Fsp3) is 0.400. The lowest BCUT2D eigenvalue weighted by atomic mass is 10.4. The second-order valence-corrected chi connectivity index (χ2v) is 2.37. The first-order valence-corrected chi connectivity index (χ1v) is 3.53. The number of hydrogen-bond acceptors (Lipinski definition) is 4. The van der Waals surface area contributed by atoms with E-state index in [-0.39, 0.29) is 0 Å². The number of hydrogen-bond donors (Lipinski definition) is 4. The summed E-state index contributed by atoms with van der Waals surface area (Å²) in [6.07, 6.45) is 1.50. The fourth-order valence-corrected chi connectivity index (χ4v) is 0.900. The Morgan fingerprint density at radius 1 is 1.54 bits per heavy atom. The highest BCUT2D eigenvalue weighted by Gasteiger charge is 2.24. The molecule has 0 aromatic heterocycles. The van der Waals surface area contributed by atoms with Crippen molar-refractivity contribution in [1.82, 2.24) is 15.9 Å². The van der Waals surface area contributed by atoms with Crippen molar-refractivity contribution in [3.8, 4) is 0 Å². The zero-order chi connectivity index (χ0) is 9.84. The van der Waals surface area contributed by atoms with Gasteiger partial charge in [0.15, 0.2) is 0 Å². The topological polar surface area (TPSA) is 126 Å². The van der Waals surface area contributed by atoms with E-state index in [1.165, 1.54) is 6.21 Å². The summed E-state index contributed by atoms with van der Waals surface area (Å²) in [7, 11) is 0. The third kappa shape index (κ3) is 2.30. The summed E-state index contributed by atoms with van der Waals surface area (Å²) in [6.45, 7) is 0. The van der Waals surface area contributed by atoms with Gasteiger partial charge in [-0.05, 0) is 0 Å². The maximum absolute atomic E-state index is 10.7. The first kappa shape index (κ1) is 9.26. The van der Waals surface area contributed by atoms with E-state index in [1.807, 2.05) is 0 Å². The number of urea groups is 2. The van der Waals surface area contributed by atoms with E-state index in [2.05, 4.69) is 16.0 Å². The molecule has 0 radical (unpaired) electrons. The van der Waals surface area contributed by atoms with Crippen LogP contribution in [-0.4, -0.2) is 29.5 Å². The molecule has 1 unspecified atom stereocenters. The highest BCUT2D eigenvalue weighted by atomic mass is 16.2. The van der Waals surface area contributed by atoms with Crippen LogP contribution in [0.1, 0.15) is 6.42 Å². The molecule has 0 aliphatic carbocycles. The fourth-order valence-electron chi connectivity index (χ4n) is 0.900. The number of nitrogens with zero attached hydrogens (tertiary/aromatic N) is 2. The van der Waals surface area contributed by atoms with Gasteiger partial charge in [-0.15, -0.1) is 0 Å². The predicted molar refractivity (Wildman–Crippen MR) is 44.2 cm³/mol. The van der Waals surface area contributed by atoms with Crippen LogP contribution in [-0.2, 0) is 0 Å². The molecule has 72 valence electrons. The Morgan fingerprint density at radius 3 is 2.77 bits per heavy atom. The Bertz CT molecular complexity index is 251. The molecule has 1 aliphatic heterocycles. The summed E-state index contributed by atoms with van der Waals surface area (Å²) < 4.78 is 0. The number of carbonyl (C=O) groups is 2. The number of hydrazone groups is 1. The van der Waals surface area contributed by atoms with E-state index in [1.54, 1.807) is 0 Å². The Morgan fingerprint density at radius 2 is 2.23 bits per heavy atom. The van der Waals surface area contributed by atoms with Gasteiger partial charge in [-0.1, -0.05) is 0 Å². The van der Waals surface area contributed by atoms with Gasteiger partial charge >= 0.3 is 12.1 Å². The Balaban J connectivity index is 2.42. The predicted octanol–water partition coefficient (Wildman–Crippen LogP) is -1.74. The largest absolute Gasteiger partial charge is 0.351 e. The van der Waals surface area contributed by atoms with Gasteiger partial charge in [0.2, 0.25) is 0 Å². The van der Waals surface area contributed by atoms with Crippen molar-refractivity contribution in [2.45, 2.75) is 12.6 Å². The second-order valence-electron chi connectivity index (χ2n) is 2.37. The number of hydrazine groups is 1. The van der Waals surface area contributed by atoms with Gasteiger partial charge < -0.3 is 11.5 Å². The molecule has 0 aromatic carbocycles. The average molecular weight is 186 g/mol. The smallest absolute Gasteiger partial charge is 0.336 e. The van der Waals surface area contributed by atoms with E-state index in [4.69, 9.17) is 11.5 Å². The van der Waals surface area contributed by atoms with Crippen LogP contribution in [0.15, 0.2) is 5.10 Å². The van der Waals surface area contributed by atoms with Crippen molar-refractivity contribution in [1.29, 1.82) is 0 Å². The number of amides is 4. The van der Waals surface area contributed by atoms with Gasteiger partial charge in [0.25, 0.3) is 0 Å². The monoisotopic (exact) mass is 186 g/mol. The van der Waals surface area contributed by atoms with E-state index in [9.17, 15) is 9.59 Å². The van der Waals surface area contributed by atoms with Crippen molar-refractivity contribution >= 4 is 18.3 Å². The number of nitrogens with one attached hydrogen (secondary N) is 2. The molecule has 1 heterocycles. The van der Waals surface area contributed by atoms with Crippen LogP contribution in [0.25, 0.3) is 0 Å². The second kappa shape index (κ2) is 3.72. The van der Waals surface area contributed by atoms with Gasteiger partial charge in [-0.2, -0.15) is 10.1 Å². The minimum Gasteiger partial charge on any atom is -0.351 e. The maximum atomic E-state index is 10.7. The SMILES string of the molecule is NC(=O)NNC1CC=NN1C(N)=O. The zero-order valence-corrected chi connectivity index (χ0v) is 6.73. The summed E-state index contributed by atoms with van der Waals surface area (Å²) in [4.78, 5) is 21.0. The third-order valence-corrected chi connectivity index (χ3v) is 1.42. The van der Waals surface area contributed by atoms with Crippen molar-refractivity contribution in [2.75, 3.05) is 0 Å². The van der Waals surface area contributed by atoms with Crippen LogP contribution in [0.5, 0.6) is 0 Å². The minimum atomic E-state index is -0.740. The molecule has 0 bridgehead atoms. The number of rotatable bonds is 2. The number of carbonyl (C=O) groups excluding carboxylic acids is 2. The van der Waals surface area contributed by atoms with Crippen LogP contribution in [0.2, 0.25) is 0 Å². The first-order valence-electron chi connectivity index (χ1n) is 3.53. The molecule has 1 rings (SSSR count). The van der Waals surface area contributed by atoms with E-state index >= 15 is 0 Å². The number of primary amides is 2. The lowest BCUT2D eigenvalue weighted by Gasteiger charge is -2.20. The molecule has 0 aromatic rings. The highest BCUT2D eigenvalue weighted by Crippen LogP contribution is 2.05. The molecule has 1 atom stereocenters. The van der Waals surface area contributed by atoms with E-state index < -0.39 is 18.2 Å². The average Bonchev–Trinajstić information content (AvgIpc) is 2.47. The number of nitrogens with two attached hydrogens (primary N) is 2. The van der Waals surface area contributed by atoms with Crippen molar-refractivity contribution in [3.05, 3.63) is 0 Å². The molecule has 4 amide bonds. The molecule has 0 saturated carbocycles. The lowest BCUT2D eigenvalue weighted by Crippen LogP contribution is -2.53. The van der Waals surface area contributed by atoms with Gasteiger partial charge in [-0.3, -0.25) is 5.43 Å². The first-order chi connectivity index (χ1) is 6.11. The summed E-state index contributed by atoms with van der Waals surface area (Å²) >= 11 is 0. The molecule has 1 aliphatic rings. The van der Waals surface area contributed by atoms with Gasteiger partial charge in [0, 0.05) is 12.6 Å². The van der Waals surface area contributed by atoms with Gasteiger partial charge in [0.05, 0.1) is 0 Å². The Kier molecular flexibility index (Phi) is 2.65. The van der Waals surface area contributed by atoms with Crippen molar-refractivity contribution in [2.24, 2.45) is 16.6 Å². The van der Waals surface area contributed by atoms with Crippen LogP contribution in [0.4, 0.5) is 9.59 Å². The molecule has 0 fully saturated rings. The Hall–Kier alpha value is -1.83. The van der Waals surface area contributed by atoms with Crippen LogP contribution < -0.4 is 22.3 Å². The van der Waals surface area contributed by atoms with Crippen LogP contribution in [0.3, 0.4) is 0 Å². The molecule has 0 spiro atoms. The van der Waals surface area contributed by atoms with Gasteiger partial charge in [0.1, 0.15) is 6.17 Å². The Labute approximate surface area is 73.9 Å². The molecular formula is C5H10N6O2. The minimum absolute atomic E-state index is 0.462. The van der Waals surface area contributed by atoms with Crippen molar-refractivity contribution < 1.29 is 9.59 Å². The summed E-state index contributed by atoms with van der Waals surface area (Å²) in [6, 6.07) is -1.44. The highest BCUT2D eigenvalue weighted by molar-refractivity contribution is 5.76. The standard InChI is InChI=1S/C5H10N6O2/c6-4(12)10-9-3-1-2-8-11(3)5(7)13/h2-3,9H,1H2,(H2,7,13)(H3,6,10,12). The van der Waals surface area contributed by atoms with Crippen molar-refractivity contribution in [3.63, 3.8) is 0 Å². The molecular weight excluding hydrogens is 176 g/mol. The molecule has 8 heteroatoms. The van der Waals surface area contributed by atoms with E-state index in [0.29, 0.717) is 6.42 Å². The third-order valence-electron chi connectivity index (χ3n) is 1.42. The summed E-state index contributed by atoms with van der Waals surface area (Å²) in [5.74, 6) is 0. The maximum Gasteiger partial charge on any atom is 0.336 e. The quantitative estimate of drug-likeness (QED) is 0.382. The molecule has 0 saturated heterocycles. The summed E-state index contributed by atoms with van der Waals surface area (Å²) in [5, 5.41) is 4.68. The normalized spacial score (nSPS) is 20.3. The zero-order valence-electron chi connectivity index (χ0n) is 6.73. The van der Waals surface area contributed by atoms with Gasteiger partial charge in [-0.25, -0.2) is 15.0 Å². The molecule has 6 N–H and O–H groups in total. The molecule has 13 heavy (non-hydrogen) atoms. The molecule has 8 nitrogen and oxygen atoms in total. The van der Waals surface area contributed by atoms with E-state index in [0.717, 1.165) is 5.01 Å². The van der Waals surface area contributed by atoms with Crippen LogP contribution in [0, 0.1) is 0 Å². The lowest BCUT2D eigenvalue weighted by molar-refractivity contribution is 0.175.